The highest BCUT2D eigenvalue weighted by Gasteiger charge is 2.12. The molecule has 5 aromatic rings. The summed E-state index contributed by atoms with van der Waals surface area (Å²) in [7, 11) is 0. The van der Waals surface area contributed by atoms with Crippen molar-refractivity contribution in [2.45, 2.75) is 13.5 Å². The normalized spacial score (nSPS) is 11.1. The molecule has 4 aromatic heterocycles. The third-order valence-corrected chi connectivity index (χ3v) is 4.65. The molecule has 0 fully saturated rings. The van der Waals surface area contributed by atoms with Gasteiger partial charge in [-0.3, -0.25) is 4.98 Å². The summed E-state index contributed by atoms with van der Waals surface area (Å²) in [6.07, 6.45) is 3.68. The summed E-state index contributed by atoms with van der Waals surface area (Å²) in [5.74, 6) is 1.83. The highest BCUT2D eigenvalue weighted by molar-refractivity contribution is 5.95. The molecule has 7 nitrogen and oxygen atoms in total. The molecule has 142 valence electrons. The van der Waals surface area contributed by atoms with Gasteiger partial charge in [-0.25, -0.2) is 4.98 Å². The fourth-order valence-corrected chi connectivity index (χ4v) is 3.28. The fraction of sp³-hybridized carbons (Fsp3) is 0.0909. The van der Waals surface area contributed by atoms with Crippen molar-refractivity contribution < 1.29 is 4.42 Å². The van der Waals surface area contributed by atoms with Gasteiger partial charge in [0, 0.05) is 30.3 Å². The Bertz CT molecular complexity index is 1270. The van der Waals surface area contributed by atoms with Gasteiger partial charge in [0.05, 0.1) is 12.2 Å². The van der Waals surface area contributed by atoms with Gasteiger partial charge in [0.1, 0.15) is 11.5 Å². The predicted octanol–water partition coefficient (Wildman–Crippen LogP) is 4.60. The molecule has 0 amide bonds. The molecule has 4 heterocycles. The minimum absolute atomic E-state index is 0.511. The SMILES string of the molecule is Cc1nnc(-c2cccc(-c3cc(NCc4ccccn4)nc4[nH]ccc34)c2)o1. The minimum Gasteiger partial charge on any atom is -0.421 e. The van der Waals surface area contributed by atoms with Crippen molar-refractivity contribution in [2.24, 2.45) is 0 Å². The molecule has 7 heteroatoms. The van der Waals surface area contributed by atoms with Crippen LogP contribution in [0.3, 0.4) is 0 Å². The van der Waals surface area contributed by atoms with E-state index in [1.807, 2.05) is 42.6 Å². The summed E-state index contributed by atoms with van der Waals surface area (Å²) in [5, 5.41) is 12.5. The summed E-state index contributed by atoms with van der Waals surface area (Å²) in [5.41, 5.74) is 4.77. The van der Waals surface area contributed by atoms with Gasteiger partial charge < -0.3 is 14.7 Å². The van der Waals surface area contributed by atoms with Gasteiger partial charge in [0.2, 0.25) is 11.8 Å². The lowest BCUT2D eigenvalue weighted by atomic mass is 10.0. The molecular formula is C22H18N6O. The molecule has 0 bridgehead atoms. The number of nitrogens with zero attached hydrogens (tertiary/aromatic N) is 4. The van der Waals surface area contributed by atoms with Crippen LogP contribution in [0.2, 0.25) is 0 Å². The van der Waals surface area contributed by atoms with Gasteiger partial charge in [-0.05, 0) is 47.5 Å². The number of hydrogen-bond acceptors (Lipinski definition) is 6. The molecule has 2 N–H and O–H groups in total. The molecule has 0 aliphatic rings. The second-order valence-corrected chi connectivity index (χ2v) is 6.68. The molecule has 1 aromatic carbocycles. The van der Waals surface area contributed by atoms with Crippen LogP contribution in [0.1, 0.15) is 11.6 Å². The first kappa shape index (κ1) is 17.1. The summed E-state index contributed by atoms with van der Waals surface area (Å²) in [6, 6.07) is 18.0. The van der Waals surface area contributed by atoms with Gasteiger partial charge in [-0.2, -0.15) is 0 Å². The van der Waals surface area contributed by atoms with E-state index in [0.29, 0.717) is 18.3 Å². The number of aryl methyl sites for hydroxylation is 1. The lowest BCUT2D eigenvalue weighted by Gasteiger charge is -2.10. The van der Waals surface area contributed by atoms with Crippen molar-refractivity contribution in [3.63, 3.8) is 0 Å². The van der Waals surface area contributed by atoms with E-state index < -0.39 is 0 Å². The number of nitrogens with one attached hydrogen (secondary N) is 2. The van der Waals surface area contributed by atoms with Crippen LogP contribution in [0.5, 0.6) is 0 Å². The van der Waals surface area contributed by atoms with E-state index in [1.54, 1.807) is 13.1 Å². The molecular weight excluding hydrogens is 364 g/mol. The zero-order valence-corrected chi connectivity index (χ0v) is 15.8. The number of pyridine rings is 2. The second-order valence-electron chi connectivity index (χ2n) is 6.68. The van der Waals surface area contributed by atoms with E-state index in [9.17, 15) is 0 Å². The Kier molecular flexibility index (Phi) is 4.25. The van der Waals surface area contributed by atoms with E-state index in [1.165, 1.54) is 0 Å². The third kappa shape index (κ3) is 3.45. The van der Waals surface area contributed by atoms with Crippen molar-refractivity contribution in [2.75, 3.05) is 5.32 Å². The zero-order valence-electron chi connectivity index (χ0n) is 15.8. The van der Waals surface area contributed by atoms with Gasteiger partial charge in [-0.1, -0.05) is 18.2 Å². The van der Waals surface area contributed by atoms with Crippen LogP contribution in [0.25, 0.3) is 33.6 Å². The highest BCUT2D eigenvalue weighted by Crippen LogP contribution is 2.32. The Labute approximate surface area is 166 Å². The lowest BCUT2D eigenvalue weighted by Crippen LogP contribution is -2.03. The van der Waals surface area contributed by atoms with Crippen LogP contribution in [0.15, 0.2) is 71.4 Å². The number of benzene rings is 1. The molecule has 0 saturated carbocycles. The average Bonchev–Trinajstić information content (AvgIpc) is 3.41. The summed E-state index contributed by atoms with van der Waals surface area (Å²) < 4.78 is 5.58. The van der Waals surface area contributed by atoms with Gasteiger partial charge >= 0.3 is 0 Å². The minimum atomic E-state index is 0.511. The molecule has 0 atom stereocenters. The maximum Gasteiger partial charge on any atom is 0.247 e. The lowest BCUT2D eigenvalue weighted by molar-refractivity contribution is 0.533. The monoisotopic (exact) mass is 382 g/mol. The maximum atomic E-state index is 5.58. The van der Waals surface area contributed by atoms with Gasteiger partial charge in [0.15, 0.2) is 0 Å². The predicted molar refractivity (Wildman–Crippen MR) is 111 cm³/mol. The van der Waals surface area contributed by atoms with E-state index >= 15 is 0 Å². The fourth-order valence-electron chi connectivity index (χ4n) is 3.28. The van der Waals surface area contributed by atoms with Crippen LogP contribution < -0.4 is 5.32 Å². The van der Waals surface area contributed by atoms with Crippen LogP contribution in [-0.2, 0) is 6.54 Å². The third-order valence-electron chi connectivity index (χ3n) is 4.65. The number of anilines is 1. The van der Waals surface area contributed by atoms with Crippen molar-refractivity contribution >= 4 is 16.9 Å². The molecule has 0 unspecified atom stereocenters. The van der Waals surface area contributed by atoms with E-state index in [-0.39, 0.29) is 0 Å². The molecule has 5 rings (SSSR count). The number of fused-ring (bicyclic) bond motifs is 1. The highest BCUT2D eigenvalue weighted by atomic mass is 16.4. The first-order valence-electron chi connectivity index (χ1n) is 9.29. The molecule has 0 radical (unpaired) electrons. The molecule has 0 saturated heterocycles. The number of aromatic nitrogens is 5. The topological polar surface area (TPSA) is 92.5 Å². The number of H-pyrrole nitrogens is 1. The Morgan fingerprint density at radius 2 is 1.93 bits per heavy atom. The van der Waals surface area contributed by atoms with Crippen LogP contribution in [-0.4, -0.2) is 25.1 Å². The summed E-state index contributed by atoms with van der Waals surface area (Å²) in [4.78, 5) is 12.2. The molecule has 29 heavy (non-hydrogen) atoms. The summed E-state index contributed by atoms with van der Waals surface area (Å²) in [6.45, 7) is 2.38. The van der Waals surface area contributed by atoms with Crippen molar-refractivity contribution in [1.29, 1.82) is 0 Å². The Balaban J connectivity index is 1.53. The number of rotatable bonds is 5. The standard InChI is InChI=1S/C22H18N6O/c1-14-27-28-22(29-14)16-6-4-5-15(11-16)19-12-20(26-21-18(19)8-10-24-21)25-13-17-7-2-3-9-23-17/h2-12H,13H2,1H3,(H2,24,25,26). The van der Waals surface area contributed by atoms with Crippen molar-refractivity contribution in [3.05, 3.63) is 78.6 Å². The van der Waals surface area contributed by atoms with Gasteiger partial charge in [0.25, 0.3) is 0 Å². The number of hydrogen-bond donors (Lipinski definition) is 2. The number of aromatic amines is 1. The van der Waals surface area contributed by atoms with E-state index in [0.717, 1.165) is 39.2 Å². The zero-order chi connectivity index (χ0) is 19.6. The molecule has 0 aliphatic heterocycles. The Morgan fingerprint density at radius 1 is 1.00 bits per heavy atom. The Hall–Kier alpha value is -4.00. The maximum absolute atomic E-state index is 5.58. The largest absolute Gasteiger partial charge is 0.421 e. The quantitative estimate of drug-likeness (QED) is 0.462. The average molecular weight is 382 g/mol. The van der Waals surface area contributed by atoms with Crippen LogP contribution in [0.4, 0.5) is 5.82 Å². The first-order valence-corrected chi connectivity index (χ1v) is 9.29. The molecule has 0 spiro atoms. The smallest absolute Gasteiger partial charge is 0.247 e. The van der Waals surface area contributed by atoms with Crippen molar-refractivity contribution in [1.82, 2.24) is 25.1 Å². The second kappa shape index (κ2) is 7.20. The van der Waals surface area contributed by atoms with E-state index in [4.69, 9.17) is 4.42 Å². The molecule has 0 aliphatic carbocycles. The van der Waals surface area contributed by atoms with Gasteiger partial charge in [-0.15, -0.1) is 10.2 Å². The van der Waals surface area contributed by atoms with Crippen molar-refractivity contribution in [3.8, 4) is 22.6 Å². The first-order chi connectivity index (χ1) is 14.3. The summed E-state index contributed by atoms with van der Waals surface area (Å²) >= 11 is 0. The van der Waals surface area contributed by atoms with E-state index in [2.05, 4.69) is 48.7 Å². The van der Waals surface area contributed by atoms with Crippen LogP contribution >= 0.6 is 0 Å². The Morgan fingerprint density at radius 3 is 2.76 bits per heavy atom. The van der Waals surface area contributed by atoms with Crippen LogP contribution in [0, 0.1) is 6.92 Å².